The average molecular weight is 354 g/mol. The molecule has 0 spiro atoms. The second-order valence-electron chi connectivity index (χ2n) is 6.63. The van der Waals surface area contributed by atoms with E-state index in [2.05, 4.69) is 20.6 Å². The van der Waals surface area contributed by atoms with Crippen LogP contribution in [0.25, 0.3) is 11.0 Å². The Bertz CT molecular complexity index is 896. The van der Waals surface area contributed by atoms with Crippen molar-refractivity contribution in [1.82, 2.24) is 29.9 Å². The summed E-state index contributed by atoms with van der Waals surface area (Å²) in [5, 5.41) is 11.4. The summed E-state index contributed by atoms with van der Waals surface area (Å²) in [5.41, 5.74) is 1.63. The topological polar surface area (TPSA) is 86.9 Å². The number of amides is 1. The first-order chi connectivity index (χ1) is 12.7. The predicted molar refractivity (Wildman–Crippen MR) is 95.2 cm³/mol. The molecule has 1 aromatic carbocycles. The van der Waals surface area contributed by atoms with Gasteiger partial charge in [0, 0.05) is 32.7 Å². The van der Waals surface area contributed by atoms with Gasteiger partial charge in [0.15, 0.2) is 0 Å². The number of imidazole rings is 1. The second kappa shape index (κ2) is 7.25. The summed E-state index contributed by atoms with van der Waals surface area (Å²) in [6.45, 7) is 1.56. The van der Waals surface area contributed by atoms with Gasteiger partial charge in [-0.1, -0.05) is 17.3 Å². The Morgan fingerprint density at radius 2 is 2.15 bits per heavy atom. The summed E-state index contributed by atoms with van der Waals surface area (Å²) in [7, 11) is 1.95. The summed E-state index contributed by atoms with van der Waals surface area (Å²) in [6.07, 6.45) is 5.48. The number of para-hydroxylation sites is 1. The molecule has 1 atom stereocenters. The van der Waals surface area contributed by atoms with E-state index in [-0.39, 0.29) is 18.5 Å². The van der Waals surface area contributed by atoms with Crippen LogP contribution in [-0.2, 0) is 23.1 Å². The Kier molecular flexibility index (Phi) is 4.66. The van der Waals surface area contributed by atoms with Crippen molar-refractivity contribution in [2.24, 2.45) is 13.0 Å². The zero-order valence-electron chi connectivity index (χ0n) is 14.7. The van der Waals surface area contributed by atoms with Crippen LogP contribution >= 0.6 is 0 Å². The van der Waals surface area contributed by atoms with E-state index in [1.807, 2.05) is 42.1 Å². The van der Waals surface area contributed by atoms with E-state index in [0.29, 0.717) is 5.92 Å². The number of aryl methyl sites for hydroxylation is 1. The van der Waals surface area contributed by atoms with Gasteiger partial charge < -0.3 is 14.6 Å². The van der Waals surface area contributed by atoms with E-state index in [4.69, 9.17) is 4.74 Å². The third-order valence-electron chi connectivity index (χ3n) is 4.90. The molecule has 1 aliphatic heterocycles. The quantitative estimate of drug-likeness (QED) is 0.749. The molecule has 0 aliphatic carbocycles. The van der Waals surface area contributed by atoms with Gasteiger partial charge >= 0.3 is 0 Å². The first-order valence-electron chi connectivity index (χ1n) is 8.85. The molecule has 3 heterocycles. The van der Waals surface area contributed by atoms with Crippen LogP contribution in [0.3, 0.4) is 0 Å². The molecular formula is C18H22N6O2. The van der Waals surface area contributed by atoms with E-state index in [0.717, 1.165) is 42.9 Å². The average Bonchev–Trinajstić information content (AvgIpc) is 3.27. The maximum absolute atomic E-state index is 12.7. The number of hydrogen-bond donors (Lipinski definition) is 1. The molecule has 0 unspecified atom stereocenters. The molecule has 1 saturated heterocycles. The van der Waals surface area contributed by atoms with Gasteiger partial charge in [-0.25, -0.2) is 9.67 Å². The maximum atomic E-state index is 12.7. The largest absolute Gasteiger partial charge is 0.381 e. The summed E-state index contributed by atoms with van der Waals surface area (Å²) in [4.78, 5) is 17.2. The first kappa shape index (κ1) is 16.7. The molecule has 4 rings (SSSR count). The fourth-order valence-electron chi connectivity index (χ4n) is 3.51. The lowest BCUT2D eigenvalue weighted by atomic mass is 9.91. The lowest BCUT2D eigenvalue weighted by Gasteiger charge is -2.30. The standard InChI is InChI=1S/C18H22N6O2/c1-23-9-8-19-18(23)17(13-6-10-26-11-7-13)20-16(25)12-24-15-5-3-2-4-14(15)21-22-24/h2-5,8-9,13,17H,6-7,10-12H2,1H3,(H,20,25)/t17-/m0/s1. The number of aromatic nitrogens is 5. The van der Waals surface area contributed by atoms with Crippen molar-refractivity contribution >= 4 is 16.9 Å². The van der Waals surface area contributed by atoms with Gasteiger partial charge in [-0.2, -0.15) is 0 Å². The molecule has 2 aromatic heterocycles. The molecule has 26 heavy (non-hydrogen) atoms. The van der Waals surface area contributed by atoms with Crippen molar-refractivity contribution in [1.29, 1.82) is 0 Å². The number of carbonyl (C=O) groups excluding carboxylic acids is 1. The van der Waals surface area contributed by atoms with E-state index < -0.39 is 0 Å². The molecule has 3 aromatic rings. The SMILES string of the molecule is Cn1ccnc1[C@@H](NC(=O)Cn1nnc2ccccc21)C1CCOCC1. The molecular weight excluding hydrogens is 332 g/mol. The minimum Gasteiger partial charge on any atom is -0.381 e. The van der Waals surface area contributed by atoms with Gasteiger partial charge in [-0.05, 0) is 30.9 Å². The minimum absolute atomic E-state index is 0.0971. The van der Waals surface area contributed by atoms with Gasteiger partial charge in [0.2, 0.25) is 5.91 Å². The molecule has 1 aliphatic rings. The zero-order chi connectivity index (χ0) is 17.9. The van der Waals surface area contributed by atoms with Crippen molar-refractivity contribution < 1.29 is 9.53 Å². The molecule has 1 N–H and O–H groups in total. The van der Waals surface area contributed by atoms with Gasteiger partial charge in [-0.15, -0.1) is 5.10 Å². The summed E-state index contributed by atoms with van der Waals surface area (Å²) in [6, 6.07) is 7.48. The molecule has 0 bridgehead atoms. The monoisotopic (exact) mass is 354 g/mol. The van der Waals surface area contributed by atoms with E-state index in [1.54, 1.807) is 10.9 Å². The number of hydrogen-bond acceptors (Lipinski definition) is 5. The lowest BCUT2D eigenvalue weighted by molar-refractivity contribution is -0.123. The number of carbonyl (C=O) groups is 1. The highest BCUT2D eigenvalue weighted by atomic mass is 16.5. The van der Waals surface area contributed by atoms with Crippen LogP contribution in [-0.4, -0.2) is 43.7 Å². The number of nitrogens with one attached hydrogen (secondary N) is 1. The molecule has 0 radical (unpaired) electrons. The molecule has 136 valence electrons. The van der Waals surface area contributed by atoms with E-state index >= 15 is 0 Å². The van der Waals surface area contributed by atoms with Crippen LogP contribution in [0.15, 0.2) is 36.7 Å². The van der Waals surface area contributed by atoms with E-state index in [9.17, 15) is 4.79 Å². The number of rotatable bonds is 5. The van der Waals surface area contributed by atoms with Crippen LogP contribution in [0.2, 0.25) is 0 Å². The summed E-state index contributed by atoms with van der Waals surface area (Å²) >= 11 is 0. The Morgan fingerprint density at radius 3 is 2.92 bits per heavy atom. The normalized spacial score (nSPS) is 16.7. The van der Waals surface area contributed by atoms with Crippen LogP contribution in [0.4, 0.5) is 0 Å². The minimum atomic E-state index is -0.138. The van der Waals surface area contributed by atoms with Crippen molar-refractivity contribution in [2.45, 2.75) is 25.4 Å². The van der Waals surface area contributed by atoms with E-state index in [1.165, 1.54) is 0 Å². The van der Waals surface area contributed by atoms with Gasteiger partial charge in [0.05, 0.1) is 11.6 Å². The Labute approximate surface area is 151 Å². The van der Waals surface area contributed by atoms with Crippen molar-refractivity contribution in [3.8, 4) is 0 Å². The molecule has 0 saturated carbocycles. The van der Waals surface area contributed by atoms with Gasteiger partial charge in [0.25, 0.3) is 0 Å². The lowest BCUT2D eigenvalue weighted by Crippen LogP contribution is -2.39. The second-order valence-corrected chi connectivity index (χ2v) is 6.63. The van der Waals surface area contributed by atoms with Crippen molar-refractivity contribution in [3.63, 3.8) is 0 Å². The summed E-state index contributed by atoms with van der Waals surface area (Å²) in [5.74, 6) is 1.08. The van der Waals surface area contributed by atoms with Gasteiger partial charge in [-0.3, -0.25) is 4.79 Å². The number of fused-ring (bicyclic) bond motifs is 1. The molecule has 1 amide bonds. The Morgan fingerprint density at radius 1 is 1.35 bits per heavy atom. The highest BCUT2D eigenvalue weighted by Crippen LogP contribution is 2.29. The van der Waals surface area contributed by atoms with Crippen LogP contribution < -0.4 is 5.32 Å². The first-order valence-corrected chi connectivity index (χ1v) is 8.85. The smallest absolute Gasteiger partial charge is 0.242 e. The van der Waals surface area contributed by atoms with Crippen molar-refractivity contribution in [3.05, 3.63) is 42.5 Å². The Balaban J connectivity index is 1.53. The number of ether oxygens (including phenoxy) is 1. The maximum Gasteiger partial charge on any atom is 0.242 e. The number of benzene rings is 1. The van der Waals surface area contributed by atoms with Crippen LogP contribution in [0.1, 0.15) is 24.7 Å². The third kappa shape index (κ3) is 3.32. The van der Waals surface area contributed by atoms with Gasteiger partial charge in [0.1, 0.15) is 17.9 Å². The Hall–Kier alpha value is -2.74. The van der Waals surface area contributed by atoms with Crippen LogP contribution in [0, 0.1) is 5.92 Å². The summed E-state index contributed by atoms with van der Waals surface area (Å²) < 4.78 is 9.07. The van der Waals surface area contributed by atoms with Crippen LogP contribution in [0.5, 0.6) is 0 Å². The predicted octanol–water partition coefficient (Wildman–Crippen LogP) is 1.45. The number of nitrogens with zero attached hydrogens (tertiary/aromatic N) is 5. The van der Waals surface area contributed by atoms with Crippen molar-refractivity contribution in [2.75, 3.05) is 13.2 Å². The highest BCUT2D eigenvalue weighted by molar-refractivity contribution is 5.80. The molecule has 8 heteroatoms. The fraction of sp³-hybridized carbons (Fsp3) is 0.444. The highest BCUT2D eigenvalue weighted by Gasteiger charge is 2.29. The zero-order valence-corrected chi connectivity index (χ0v) is 14.7. The molecule has 1 fully saturated rings. The fourth-order valence-corrected chi connectivity index (χ4v) is 3.51. The molecule has 8 nitrogen and oxygen atoms in total. The third-order valence-corrected chi connectivity index (χ3v) is 4.90.